The van der Waals surface area contributed by atoms with Crippen LogP contribution in [0, 0.1) is 12.7 Å². The van der Waals surface area contributed by atoms with Gasteiger partial charge in [0, 0.05) is 42.8 Å². The highest BCUT2D eigenvalue weighted by Crippen LogP contribution is 2.42. The zero-order valence-electron chi connectivity index (χ0n) is 22.1. The molecule has 11 heteroatoms. The molecule has 0 amide bonds. The Morgan fingerprint density at radius 3 is 2.60 bits per heavy atom. The van der Waals surface area contributed by atoms with Crippen molar-refractivity contribution >= 4 is 28.5 Å². The molecule has 0 bridgehead atoms. The molecular formula is C29H26FN7O3. The number of rotatable bonds is 8. The number of nitrogens with two attached hydrogens (primary N) is 1. The van der Waals surface area contributed by atoms with Gasteiger partial charge in [0.05, 0.1) is 18.2 Å². The summed E-state index contributed by atoms with van der Waals surface area (Å²) in [6, 6.07) is 14.2. The quantitative estimate of drug-likeness (QED) is 0.205. The van der Waals surface area contributed by atoms with Gasteiger partial charge < -0.3 is 25.1 Å². The Labute approximate surface area is 229 Å². The van der Waals surface area contributed by atoms with E-state index in [9.17, 15) is 4.79 Å². The lowest BCUT2D eigenvalue weighted by Crippen LogP contribution is -2.01. The van der Waals surface area contributed by atoms with Crippen LogP contribution in [0.2, 0.25) is 0 Å². The van der Waals surface area contributed by atoms with E-state index in [1.165, 1.54) is 31.6 Å². The van der Waals surface area contributed by atoms with Gasteiger partial charge in [-0.2, -0.15) is 0 Å². The molecule has 0 unspecified atom stereocenters. The van der Waals surface area contributed by atoms with Crippen molar-refractivity contribution in [2.75, 3.05) is 24.7 Å². The Bertz CT molecular complexity index is 1730. The first-order chi connectivity index (χ1) is 19.4. The van der Waals surface area contributed by atoms with Gasteiger partial charge in [-0.3, -0.25) is 0 Å². The summed E-state index contributed by atoms with van der Waals surface area (Å²) >= 11 is 0. The SMILES string of the molecule is COC(=O)/C=C/CNc1ccc(-c2c(-c3ccc(Oc4nccc(C)n4)c(F)c3)c3c(N)ncnc3n2C)cc1. The summed E-state index contributed by atoms with van der Waals surface area (Å²) in [6.07, 6.45) is 5.99. The van der Waals surface area contributed by atoms with Crippen molar-refractivity contribution in [1.82, 2.24) is 24.5 Å². The molecule has 0 aliphatic carbocycles. The summed E-state index contributed by atoms with van der Waals surface area (Å²) in [4.78, 5) is 28.1. The molecule has 5 aromatic rings. The van der Waals surface area contributed by atoms with Crippen LogP contribution in [0.25, 0.3) is 33.4 Å². The third-order valence-electron chi connectivity index (χ3n) is 6.23. The van der Waals surface area contributed by atoms with Gasteiger partial charge in [0.25, 0.3) is 0 Å². The number of aromatic nitrogens is 5. The van der Waals surface area contributed by atoms with Crippen LogP contribution >= 0.6 is 0 Å². The van der Waals surface area contributed by atoms with E-state index in [4.69, 9.17) is 10.5 Å². The molecule has 3 heterocycles. The second-order valence-corrected chi connectivity index (χ2v) is 8.85. The van der Waals surface area contributed by atoms with Crippen molar-refractivity contribution in [2.24, 2.45) is 7.05 Å². The molecule has 3 N–H and O–H groups in total. The number of carbonyl (C=O) groups is 1. The molecule has 0 aliphatic heterocycles. The maximum Gasteiger partial charge on any atom is 0.330 e. The maximum absolute atomic E-state index is 15.3. The minimum atomic E-state index is -0.583. The van der Waals surface area contributed by atoms with Crippen LogP contribution in [0.4, 0.5) is 15.9 Å². The Morgan fingerprint density at radius 2 is 1.88 bits per heavy atom. The highest BCUT2D eigenvalue weighted by Gasteiger charge is 2.23. The number of methoxy groups -OCH3 is 1. The second-order valence-electron chi connectivity index (χ2n) is 8.85. The molecule has 3 aromatic heterocycles. The van der Waals surface area contributed by atoms with Crippen LogP contribution in [-0.4, -0.2) is 44.1 Å². The molecule has 0 saturated carbocycles. The van der Waals surface area contributed by atoms with Gasteiger partial charge in [0.15, 0.2) is 11.6 Å². The number of carbonyl (C=O) groups excluding carboxylic acids is 1. The van der Waals surface area contributed by atoms with Crippen molar-refractivity contribution in [2.45, 2.75) is 6.92 Å². The summed E-state index contributed by atoms with van der Waals surface area (Å²) in [6.45, 7) is 2.24. The lowest BCUT2D eigenvalue weighted by atomic mass is 9.98. The van der Waals surface area contributed by atoms with Crippen LogP contribution in [0.1, 0.15) is 5.69 Å². The molecule has 202 valence electrons. The second kappa shape index (κ2) is 11.2. The largest absolute Gasteiger partial charge is 0.466 e. The smallest absolute Gasteiger partial charge is 0.330 e. The number of ether oxygens (including phenoxy) is 2. The molecule has 40 heavy (non-hydrogen) atoms. The fourth-order valence-corrected chi connectivity index (χ4v) is 4.35. The number of nitrogens with zero attached hydrogens (tertiary/aromatic N) is 5. The standard InChI is InChI=1S/C29H26FN7O3/c1-17-12-14-33-29(36-17)40-22-11-8-19(15-21(22)30)24-25-27(31)34-16-35-28(25)37(2)26(24)18-6-9-20(10-7-18)32-13-4-5-23(38)39-3/h4-12,14-16,32H,13H2,1-3H3,(H2,31,34,35)/b5-4+. The molecule has 0 atom stereocenters. The zero-order chi connectivity index (χ0) is 28.2. The number of aryl methyl sites for hydroxylation is 2. The normalized spacial score (nSPS) is 11.2. The first-order valence-electron chi connectivity index (χ1n) is 12.3. The summed E-state index contributed by atoms with van der Waals surface area (Å²) < 4.78 is 27.4. The first kappa shape index (κ1) is 26.3. The number of anilines is 2. The van der Waals surface area contributed by atoms with Gasteiger partial charge in [-0.15, -0.1) is 0 Å². The minimum absolute atomic E-state index is 0.00275. The van der Waals surface area contributed by atoms with Gasteiger partial charge in [-0.1, -0.05) is 24.3 Å². The van der Waals surface area contributed by atoms with Crippen LogP contribution in [0.5, 0.6) is 11.8 Å². The molecular weight excluding hydrogens is 513 g/mol. The summed E-state index contributed by atoms with van der Waals surface area (Å²) in [5, 5.41) is 3.83. The van der Waals surface area contributed by atoms with Gasteiger partial charge in [0.1, 0.15) is 17.8 Å². The summed E-state index contributed by atoms with van der Waals surface area (Å²) in [5.74, 6) is -0.716. The summed E-state index contributed by atoms with van der Waals surface area (Å²) in [5.41, 5.74) is 11.4. The molecule has 0 saturated heterocycles. The van der Waals surface area contributed by atoms with Crippen molar-refractivity contribution < 1.29 is 18.7 Å². The molecule has 2 aromatic carbocycles. The van der Waals surface area contributed by atoms with Crippen LogP contribution < -0.4 is 15.8 Å². The Hall–Kier alpha value is -5.32. The third-order valence-corrected chi connectivity index (χ3v) is 6.23. The highest BCUT2D eigenvalue weighted by molar-refractivity contribution is 6.07. The van der Waals surface area contributed by atoms with Gasteiger partial charge in [-0.05, 0) is 48.4 Å². The van der Waals surface area contributed by atoms with Crippen molar-refractivity contribution in [1.29, 1.82) is 0 Å². The highest BCUT2D eigenvalue weighted by atomic mass is 19.1. The predicted octanol–water partition coefficient (Wildman–Crippen LogP) is 5.06. The monoisotopic (exact) mass is 539 g/mol. The molecule has 5 rings (SSSR count). The Morgan fingerprint density at radius 1 is 1.10 bits per heavy atom. The average molecular weight is 540 g/mol. The molecule has 10 nitrogen and oxygen atoms in total. The first-order valence-corrected chi connectivity index (χ1v) is 12.3. The maximum atomic E-state index is 15.3. The molecule has 0 aliphatic rings. The van der Waals surface area contributed by atoms with Gasteiger partial charge in [-0.25, -0.2) is 29.1 Å². The van der Waals surface area contributed by atoms with E-state index in [2.05, 4.69) is 30.0 Å². The lowest BCUT2D eigenvalue weighted by Gasteiger charge is -2.12. The van der Waals surface area contributed by atoms with Crippen LogP contribution in [-0.2, 0) is 16.6 Å². The number of halogens is 1. The lowest BCUT2D eigenvalue weighted by molar-refractivity contribution is -0.134. The molecule has 0 radical (unpaired) electrons. The van der Waals surface area contributed by atoms with E-state index in [0.29, 0.717) is 34.4 Å². The third kappa shape index (κ3) is 5.30. The van der Waals surface area contributed by atoms with E-state index in [0.717, 1.165) is 16.9 Å². The van der Waals surface area contributed by atoms with E-state index < -0.39 is 11.8 Å². The molecule has 0 spiro atoms. The fraction of sp³-hybridized carbons (Fsp3) is 0.138. The van der Waals surface area contributed by atoms with Crippen molar-refractivity contribution in [3.63, 3.8) is 0 Å². The topological polar surface area (TPSA) is 130 Å². The van der Waals surface area contributed by atoms with E-state index in [1.54, 1.807) is 31.3 Å². The number of nitrogens with one attached hydrogen (secondary N) is 1. The zero-order valence-corrected chi connectivity index (χ0v) is 22.1. The van der Waals surface area contributed by atoms with E-state index in [1.807, 2.05) is 35.9 Å². The summed E-state index contributed by atoms with van der Waals surface area (Å²) in [7, 11) is 3.20. The number of fused-ring (bicyclic) bond motifs is 1. The average Bonchev–Trinajstić information content (AvgIpc) is 3.25. The number of benzene rings is 2. The number of hydrogen-bond donors (Lipinski definition) is 2. The minimum Gasteiger partial charge on any atom is -0.466 e. The van der Waals surface area contributed by atoms with E-state index in [-0.39, 0.29) is 17.6 Å². The molecule has 0 fully saturated rings. The fourth-order valence-electron chi connectivity index (χ4n) is 4.35. The number of esters is 1. The van der Waals surface area contributed by atoms with Crippen molar-refractivity contribution in [3.05, 3.63) is 84.7 Å². The van der Waals surface area contributed by atoms with Crippen molar-refractivity contribution in [3.8, 4) is 34.1 Å². The van der Waals surface area contributed by atoms with Crippen LogP contribution in [0.3, 0.4) is 0 Å². The van der Waals surface area contributed by atoms with Crippen LogP contribution in [0.15, 0.2) is 73.2 Å². The Kier molecular flexibility index (Phi) is 7.36. The van der Waals surface area contributed by atoms with Gasteiger partial charge >= 0.3 is 12.0 Å². The predicted molar refractivity (Wildman–Crippen MR) is 150 cm³/mol. The van der Waals surface area contributed by atoms with Gasteiger partial charge in [0.2, 0.25) is 0 Å². The Balaban J connectivity index is 1.52. The number of nitrogen functional groups attached to an aromatic ring is 1. The number of hydrogen-bond acceptors (Lipinski definition) is 9. The van der Waals surface area contributed by atoms with E-state index >= 15 is 4.39 Å².